The van der Waals surface area contributed by atoms with Crippen molar-refractivity contribution in [1.82, 2.24) is 4.90 Å². The van der Waals surface area contributed by atoms with Gasteiger partial charge in [0.25, 0.3) is 5.91 Å². The Balaban J connectivity index is 1.49. The van der Waals surface area contributed by atoms with Gasteiger partial charge >= 0.3 is 5.97 Å². The quantitative estimate of drug-likeness (QED) is 0.426. The zero-order chi connectivity index (χ0) is 21.7. The standard InChI is InChI=1S/C22H20N2O6/c1-14(25)23-17-8-6-15(7-9-17)19(26)13-30-21(28)10-11-24-20(27)12-16-4-2-3-5-18(16)22(24)29/h2-9H,10-13H2,1H3,(H,23,25). The van der Waals surface area contributed by atoms with E-state index < -0.39 is 24.3 Å². The number of fused-ring (bicyclic) bond motifs is 1. The topological polar surface area (TPSA) is 110 Å². The molecule has 1 aliphatic heterocycles. The van der Waals surface area contributed by atoms with Crippen LogP contribution < -0.4 is 5.32 Å². The first-order valence-electron chi connectivity index (χ1n) is 9.34. The van der Waals surface area contributed by atoms with E-state index in [1.165, 1.54) is 19.1 Å². The smallest absolute Gasteiger partial charge is 0.308 e. The minimum absolute atomic E-state index is 0.101. The summed E-state index contributed by atoms with van der Waals surface area (Å²) in [5.41, 5.74) is 1.99. The third-order valence-corrected chi connectivity index (χ3v) is 4.57. The van der Waals surface area contributed by atoms with Gasteiger partial charge in [0.1, 0.15) is 0 Å². The number of imide groups is 1. The second-order valence-electron chi connectivity index (χ2n) is 6.78. The van der Waals surface area contributed by atoms with Gasteiger partial charge in [-0.3, -0.25) is 28.9 Å². The molecule has 1 N–H and O–H groups in total. The Morgan fingerprint density at radius 1 is 1.03 bits per heavy atom. The number of anilines is 1. The number of carbonyl (C=O) groups is 5. The number of esters is 1. The van der Waals surface area contributed by atoms with Crippen LogP contribution in [0.2, 0.25) is 0 Å². The minimum Gasteiger partial charge on any atom is -0.457 e. The number of ketones is 1. The predicted octanol–water partition coefficient (Wildman–Crippen LogP) is 1.99. The molecule has 2 aromatic rings. The van der Waals surface area contributed by atoms with Gasteiger partial charge in [-0.05, 0) is 35.9 Å². The molecule has 3 amide bonds. The van der Waals surface area contributed by atoms with E-state index in [0.29, 0.717) is 22.4 Å². The highest BCUT2D eigenvalue weighted by molar-refractivity contribution is 6.09. The van der Waals surface area contributed by atoms with Crippen molar-refractivity contribution < 1.29 is 28.7 Å². The first-order valence-corrected chi connectivity index (χ1v) is 9.34. The summed E-state index contributed by atoms with van der Waals surface area (Å²) in [5, 5.41) is 2.59. The number of ether oxygens (including phenoxy) is 1. The number of benzene rings is 2. The van der Waals surface area contributed by atoms with Crippen molar-refractivity contribution in [2.75, 3.05) is 18.5 Å². The second-order valence-corrected chi connectivity index (χ2v) is 6.78. The summed E-state index contributed by atoms with van der Waals surface area (Å²) >= 11 is 0. The highest BCUT2D eigenvalue weighted by atomic mass is 16.5. The predicted molar refractivity (Wildman–Crippen MR) is 107 cm³/mol. The summed E-state index contributed by atoms with van der Waals surface area (Å²) < 4.78 is 4.98. The van der Waals surface area contributed by atoms with Gasteiger partial charge in [-0.15, -0.1) is 0 Å². The van der Waals surface area contributed by atoms with Gasteiger partial charge in [0.05, 0.1) is 12.8 Å². The van der Waals surface area contributed by atoms with Crippen molar-refractivity contribution in [1.29, 1.82) is 0 Å². The van der Waals surface area contributed by atoms with Crippen molar-refractivity contribution in [2.45, 2.75) is 19.8 Å². The SMILES string of the molecule is CC(=O)Nc1ccc(C(=O)COC(=O)CCN2C(=O)Cc3ccccc3C2=O)cc1. The summed E-state index contributed by atoms with van der Waals surface area (Å²) in [6, 6.07) is 13.0. The zero-order valence-electron chi connectivity index (χ0n) is 16.3. The lowest BCUT2D eigenvalue weighted by atomic mass is 9.98. The fraction of sp³-hybridized carbons (Fsp3) is 0.227. The summed E-state index contributed by atoms with van der Waals surface area (Å²) in [6.45, 7) is 0.815. The average Bonchev–Trinajstić information content (AvgIpc) is 2.72. The van der Waals surface area contributed by atoms with E-state index in [1.54, 1.807) is 36.4 Å². The molecular weight excluding hydrogens is 388 g/mol. The molecule has 0 saturated heterocycles. The lowest BCUT2D eigenvalue weighted by Gasteiger charge is -2.26. The van der Waals surface area contributed by atoms with Crippen molar-refractivity contribution in [3.8, 4) is 0 Å². The van der Waals surface area contributed by atoms with Gasteiger partial charge in [0, 0.05) is 30.3 Å². The summed E-state index contributed by atoms with van der Waals surface area (Å²) in [7, 11) is 0. The fourth-order valence-corrected chi connectivity index (χ4v) is 3.07. The van der Waals surface area contributed by atoms with Crippen LogP contribution in [0.15, 0.2) is 48.5 Å². The molecule has 0 fully saturated rings. The maximum absolute atomic E-state index is 12.5. The molecule has 2 aromatic carbocycles. The van der Waals surface area contributed by atoms with Crippen molar-refractivity contribution in [3.63, 3.8) is 0 Å². The summed E-state index contributed by atoms with van der Waals surface area (Å²) in [6.07, 6.45) is -0.0989. The number of nitrogens with zero attached hydrogens (tertiary/aromatic N) is 1. The van der Waals surface area contributed by atoms with E-state index in [-0.39, 0.29) is 31.2 Å². The van der Waals surface area contributed by atoms with Crippen molar-refractivity contribution in [3.05, 3.63) is 65.2 Å². The number of carbonyl (C=O) groups excluding carboxylic acids is 5. The molecule has 0 saturated carbocycles. The Morgan fingerprint density at radius 3 is 2.43 bits per heavy atom. The third-order valence-electron chi connectivity index (χ3n) is 4.57. The summed E-state index contributed by atoms with van der Waals surface area (Å²) in [4.78, 5) is 60.8. The monoisotopic (exact) mass is 408 g/mol. The molecule has 8 heteroatoms. The number of Topliss-reactive ketones (excluding diaryl/α,β-unsaturated/α-hetero) is 1. The Bertz CT molecular complexity index is 1010. The lowest BCUT2D eigenvalue weighted by Crippen LogP contribution is -2.43. The van der Waals surface area contributed by atoms with Gasteiger partial charge in [-0.25, -0.2) is 0 Å². The summed E-state index contributed by atoms with van der Waals surface area (Å²) in [5.74, 6) is -2.13. The number of rotatable bonds is 7. The molecule has 30 heavy (non-hydrogen) atoms. The first-order chi connectivity index (χ1) is 14.3. The van der Waals surface area contributed by atoms with E-state index in [4.69, 9.17) is 4.74 Å². The molecule has 0 spiro atoms. The molecule has 3 rings (SSSR count). The molecule has 154 valence electrons. The largest absolute Gasteiger partial charge is 0.457 e. The van der Waals surface area contributed by atoms with Crippen LogP contribution in [0, 0.1) is 0 Å². The third kappa shape index (κ3) is 4.96. The molecular formula is C22H20N2O6. The van der Waals surface area contributed by atoms with Crippen molar-refractivity contribution >= 4 is 35.2 Å². The molecule has 0 unspecified atom stereocenters. The van der Waals surface area contributed by atoms with Crippen LogP contribution in [0.4, 0.5) is 5.69 Å². The number of amides is 3. The molecule has 1 aliphatic rings. The molecule has 0 radical (unpaired) electrons. The van der Waals surface area contributed by atoms with E-state index in [0.717, 1.165) is 4.90 Å². The Labute approximate surface area is 172 Å². The van der Waals surface area contributed by atoms with Crippen LogP contribution in [0.3, 0.4) is 0 Å². The molecule has 1 heterocycles. The van der Waals surface area contributed by atoms with E-state index in [1.807, 2.05) is 0 Å². The molecule has 0 bridgehead atoms. The van der Waals surface area contributed by atoms with Crippen molar-refractivity contribution in [2.24, 2.45) is 0 Å². The number of nitrogens with one attached hydrogen (secondary N) is 1. The van der Waals surface area contributed by atoms with E-state index in [9.17, 15) is 24.0 Å². The molecule has 0 aromatic heterocycles. The maximum atomic E-state index is 12.5. The van der Waals surface area contributed by atoms with Crippen LogP contribution in [0.1, 0.15) is 39.6 Å². The maximum Gasteiger partial charge on any atom is 0.308 e. The van der Waals surface area contributed by atoms with Crippen LogP contribution in [0.5, 0.6) is 0 Å². The van der Waals surface area contributed by atoms with Crippen LogP contribution in [-0.4, -0.2) is 47.5 Å². The van der Waals surface area contributed by atoms with Crippen LogP contribution in [0.25, 0.3) is 0 Å². The lowest BCUT2D eigenvalue weighted by molar-refractivity contribution is -0.143. The van der Waals surface area contributed by atoms with E-state index >= 15 is 0 Å². The van der Waals surface area contributed by atoms with Gasteiger partial charge in [-0.1, -0.05) is 18.2 Å². The second kappa shape index (κ2) is 9.13. The highest BCUT2D eigenvalue weighted by Crippen LogP contribution is 2.19. The molecule has 0 aliphatic carbocycles. The van der Waals surface area contributed by atoms with Crippen LogP contribution >= 0.6 is 0 Å². The van der Waals surface area contributed by atoms with Gasteiger partial charge in [0.15, 0.2) is 12.4 Å². The van der Waals surface area contributed by atoms with Gasteiger partial charge in [0.2, 0.25) is 11.8 Å². The Hall–Kier alpha value is -3.81. The Kier molecular flexibility index (Phi) is 6.36. The highest BCUT2D eigenvalue weighted by Gasteiger charge is 2.30. The fourth-order valence-electron chi connectivity index (χ4n) is 3.07. The normalized spacial score (nSPS) is 12.9. The van der Waals surface area contributed by atoms with Gasteiger partial charge in [-0.2, -0.15) is 0 Å². The first kappa shape index (κ1) is 20.9. The average molecular weight is 408 g/mol. The van der Waals surface area contributed by atoms with Crippen LogP contribution in [-0.2, 0) is 25.5 Å². The molecule has 0 atom stereocenters. The minimum atomic E-state index is -0.683. The number of hydrogen-bond donors (Lipinski definition) is 1. The molecule has 8 nitrogen and oxygen atoms in total. The zero-order valence-corrected chi connectivity index (χ0v) is 16.3. The van der Waals surface area contributed by atoms with E-state index in [2.05, 4.69) is 5.32 Å². The number of hydrogen-bond acceptors (Lipinski definition) is 6. The Morgan fingerprint density at radius 2 is 1.73 bits per heavy atom. The van der Waals surface area contributed by atoms with Gasteiger partial charge < -0.3 is 10.1 Å².